The summed E-state index contributed by atoms with van der Waals surface area (Å²) >= 11 is 0. The van der Waals surface area contributed by atoms with E-state index in [1.807, 2.05) is 0 Å². The number of benzene rings is 2. The van der Waals surface area contributed by atoms with E-state index in [2.05, 4.69) is 10.0 Å². The molecule has 27 heavy (non-hydrogen) atoms. The van der Waals surface area contributed by atoms with Gasteiger partial charge in [-0.25, -0.2) is 0 Å². The van der Waals surface area contributed by atoms with Gasteiger partial charge in [-0.1, -0.05) is 29.4 Å². The second-order valence-corrected chi connectivity index (χ2v) is 5.63. The molecular formula is C18H14N4O5. The number of carbonyl (C=O) groups is 3. The Morgan fingerprint density at radius 2 is 1.70 bits per heavy atom. The molecule has 2 aromatic rings. The number of hydroxylamine groups is 2. The van der Waals surface area contributed by atoms with Crippen LogP contribution in [-0.4, -0.2) is 29.5 Å². The second-order valence-electron chi connectivity index (χ2n) is 5.63. The maximum Gasteiger partial charge on any atom is 0.308 e. The molecule has 0 spiro atoms. The van der Waals surface area contributed by atoms with Crippen LogP contribution in [0, 0.1) is 0 Å². The van der Waals surface area contributed by atoms with Crippen molar-refractivity contribution in [1.29, 1.82) is 0 Å². The Balaban J connectivity index is 1.73. The molecule has 0 saturated heterocycles. The SMILES string of the molecule is CC(=O)Oc1ccc(C(CON2C(=O)c3ccccc3C2=O)N=[N+]=[N-])cc1. The van der Waals surface area contributed by atoms with Gasteiger partial charge < -0.3 is 4.74 Å². The van der Waals surface area contributed by atoms with Gasteiger partial charge in [0.1, 0.15) is 5.75 Å². The van der Waals surface area contributed by atoms with E-state index in [-0.39, 0.29) is 17.7 Å². The van der Waals surface area contributed by atoms with Gasteiger partial charge in [0.25, 0.3) is 11.8 Å². The number of amides is 2. The van der Waals surface area contributed by atoms with E-state index >= 15 is 0 Å². The van der Waals surface area contributed by atoms with Gasteiger partial charge in [-0.3, -0.25) is 19.2 Å². The molecule has 2 amide bonds. The second kappa shape index (κ2) is 7.69. The van der Waals surface area contributed by atoms with Crippen LogP contribution in [0.15, 0.2) is 53.6 Å². The van der Waals surface area contributed by atoms with Gasteiger partial charge in [-0.05, 0) is 35.4 Å². The first-order valence-electron chi connectivity index (χ1n) is 7.94. The van der Waals surface area contributed by atoms with E-state index in [4.69, 9.17) is 15.1 Å². The summed E-state index contributed by atoms with van der Waals surface area (Å²) in [7, 11) is 0. The van der Waals surface area contributed by atoms with Gasteiger partial charge in [0, 0.05) is 11.8 Å². The van der Waals surface area contributed by atoms with Crippen molar-refractivity contribution in [1.82, 2.24) is 5.06 Å². The van der Waals surface area contributed by atoms with Crippen LogP contribution in [0.3, 0.4) is 0 Å². The quantitative estimate of drug-likeness (QED) is 0.194. The minimum Gasteiger partial charge on any atom is -0.427 e. The molecule has 1 heterocycles. The van der Waals surface area contributed by atoms with Crippen LogP contribution in [0.4, 0.5) is 0 Å². The minimum atomic E-state index is -0.786. The molecule has 9 heteroatoms. The van der Waals surface area contributed by atoms with Gasteiger partial charge in [0.2, 0.25) is 0 Å². The molecular weight excluding hydrogens is 352 g/mol. The Bertz CT molecular complexity index is 915. The summed E-state index contributed by atoms with van der Waals surface area (Å²) in [5, 5.41) is 4.31. The Morgan fingerprint density at radius 1 is 1.11 bits per heavy atom. The third-order valence-corrected chi connectivity index (χ3v) is 3.84. The predicted octanol–water partition coefficient (Wildman–Crippen LogP) is 3.19. The number of hydrogen-bond acceptors (Lipinski definition) is 6. The summed E-state index contributed by atoms with van der Waals surface area (Å²) in [4.78, 5) is 43.7. The van der Waals surface area contributed by atoms with Crippen LogP contribution in [0.25, 0.3) is 10.4 Å². The summed E-state index contributed by atoms with van der Waals surface area (Å²) in [5.41, 5.74) is 9.88. The number of nitrogens with zero attached hydrogens (tertiary/aromatic N) is 4. The molecule has 0 fully saturated rings. The fraction of sp³-hybridized carbons (Fsp3) is 0.167. The van der Waals surface area contributed by atoms with Gasteiger partial charge in [0.05, 0.1) is 23.8 Å². The van der Waals surface area contributed by atoms with Crippen LogP contribution in [0.1, 0.15) is 39.2 Å². The molecule has 1 unspecified atom stereocenters. The van der Waals surface area contributed by atoms with Crippen LogP contribution < -0.4 is 4.74 Å². The highest BCUT2D eigenvalue weighted by atomic mass is 16.7. The molecule has 3 rings (SSSR count). The highest BCUT2D eigenvalue weighted by Gasteiger charge is 2.36. The fourth-order valence-electron chi connectivity index (χ4n) is 2.61. The van der Waals surface area contributed by atoms with Crippen molar-refractivity contribution in [3.63, 3.8) is 0 Å². The predicted molar refractivity (Wildman–Crippen MR) is 92.5 cm³/mol. The van der Waals surface area contributed by atoms with Crippen molar-refractivity contribution < 1.29 is 24.0 Å². The van der Waals surface area contributed by atoms with Gasteiger partial charge in [-0.2, -0.15) is 0 Å². The van der Waals surface area contributed by atoms with Crippen molar-refractivity contribution in [3.8, 4) is 5.75 Å². The van der Waals surface area contributed by atoms with Gasteiger partial charge >= 0.3 is 5.97 Å². The highest BCUT2D eigenvalue weighted by Crippen LogP contribution is 2.26. The molecule has 2 aromatic carbocycles. The third kappa shape index (κ3) is 3.79. The average Bonchev–Trinajstić information content (AvgIpc) is 2.90. The third-order valence-electron chi connectivity index (χ3n) is 3.84. The summed E-state index contributed by atoms with van der Waals surface area (Å²) < 4.78 is 4.94. The molecule has 0 aromatic heterocycles. The number of esters is 1. The van der Waals surface area contributed by atoms with E-state index in [0.717, 1.165) is 0 Å². The van der Waals surface area contributed by atoms with Crippen molar-refractivity contribution >= 4 is 17.8 Å². The Kier molecular flexibility index (Phi) is 5.16. The van der Waals surface area contributed by atoms with Crippen molar-refractivity contribution in [2.75, 3.05) is 6.61 Å². The maximum absolute atomic E-state index is 12.3. The zero-order valence-corrected chi connectivity index (χ0v) is 14.2. The number of carbonyl (C=O) groups excluding carboxylic acids is 3. The first-order chi connectivity index (χ1) is 13.0. The molecule has 1 aliphatic heterocycles. The highest BCUT2D eigenvalue weighted by molar-refractivity contribution is 6.20. The first kappa shape index (κ1) is 18.1. The van der Waals surface area contributed by atoms with E-state index < -0.39 is 23.8 Å². The molecule has 0 radical (unpaired) electrons. The molecule has 1 aliphatic rings. The van der Waals surface area contributed by atoms with E-state index in [1.54, 1.807) is 36.4 Å². The molecule has 0 aliphatic carbocycles. The van der Waals surface area contributed by atoms with Crippen molar-refractivity contribution in [3.05, 3.63) is 75.7 Å². The normalized spacial score (nSPS) is 13.7. The van der Waals surface area contributed by atoms with Crippen molar-refractivity contribution in [2.24, 2.45) is 5.11 Å². The van der Waals surface area contributed by atoms with Crippen LogP contribution >= 0.6 is 0 Å². The average molecular weight is 366 g/mol. The Labute approximate surface area is 153 Å². The first-order valence-corrected chi connectivity index (χ1v) is 7.94. The van der Waals surface area contributed by atoms with E-state index in [0.29, 0.717) is 16.4 Å². The molecule has 0 saturated carbocycles. The summed E-state index contributed by atoms with van der Waals surface area (Å²) in [5.74, 6) is -1.25. The molecule has 136 valence electrons. The Morgan fingerprint density at radius 3 is 2.22 bits per heavy atom. The molecule has 0 N–H and O–H groups in total. The zero-order chi connectivity index (χ0) is 19.4. The maximum atomic E-state index is 12.3. The molecule has 0 bridgehead atoms. The number of imide groups is 1. The van der Waals surface area contributed by atoms with Gasteiger partial charge in [-0.15, -0.1) is 5.06 Å². The fourth-order valence-corrected chi connectivity index (χ4v) is 2.61. The molecule has 1 atom stereocenters. The van der Waals surface area contributed by atoms with E-state index in [9.17, 15) is 14.4 Å². The van der Waals surface area contributed by atoms with E-state index in [1.165, 1.54) is 19.1 Å². The van der Waals surface area contributed by atoms with Crippen molar-refractivity contribution in [2.45, 2.75) is 13.0 Å². The smallest absolute Gasteiger partial charge is 0.308 e. The Hall–Kier alpha value is -3.68. The minimum absolute atomic E-state index is 0.220. The van der Waals surface area contributed by atoms with Gasteiger partial charge in [0.15, 0.2) is 0 Å². The number of hydrogen-bond donors (Lipinski definition) is 0. The monoisotopic (exact) mass is 366 g/mol. The number of fused-ring (bicyclic) bond motifs is 1. The summed E-state index contributed by atoms with van der Waals surface area (Å²) in [6.07, 6.45) is 0. The standard InChI is InChI=1S/C18H14N4O5/c1-11(23)27-13-8-6-12(7-9-13)16(20-21-19)10-26-22-17(24)14-4-2-3-5-15(14)18(22)25/h2-9,16H,10H2,1H3. The number of rotatable bonds is 6. The lowest BCUT2D eigenvalue weighted by atomic mass is 10.1. The number of azide groups is 1. The summed E-state index contributed by atoms with van der Waals surface area (Å²) in [6, 6.07) is 11.9. The lowest BCUT2D eigenvalue weighted by Crippen LogP contribution is -2.31. The van der Waals surface area contributed by atoms with Crippen LogP contribution in [0.2, 0.25) is 0 Å². The van der Waals surface area contributed by atoms with Crippen LogP contribution in [0.5, 0.6) is 5.75 Å². The summed E-state index contributed by atoms with van der Waals surface area (Å²) in [6.45, 7) is 1.06. The lowest BCUT2D eigenvalue weighted by Gasteiger charge is -2.17. The molecule has 9 nitrogen and oxygen atoms in total. The zero-order valence-electron chi connectivity index (χ0n) is 14.2. The van der Waals surface area contributed by atoms with Crippen LogP contribution in [-0.2, 0) is 9.63 Å². The lowest BCUT2D eigenvalue weighted by molar-refractivity contribution is -0.131. The number of ether oxygens (including phenoxy) is 1. The largest absolute Gasteiger partial charge is 0.427 e. The topological polar surface area (TPSA) is 122 Å².